The molecule has 0 radical (unpaired) electrons. The van der Waals surface area contributed by atoms with Crippen molar-refractivity contribution in [1.82, 2.24) is 0 Å². The largest absolute Gasteiger partial charge is 0.376 e. The maximum atomic E-state index is 9.03. The van der Waals surface area contributed by atoms with Gasteiger partial charge in [-0.2, -0.15) is 0 Å². The van der Waals surface area contributed by atoms with Crippen LogP contribution in [-0.2, 0) is 0 Å². The fourth-order valence-electron chi connectivity index (χ4n) is 2.52. The zero-order valence-corrected chi connectivity index (χ0v) is 10.0. The first-order valence-corrected chi connectivity index (χ1v) is 6.23. The number of rotatable bonds is 3. The molecule has 16 heavy (non-hydrogen) atoms. The first-order chi connectivity index (χ1) is 7.81. The maximum Gasteiger partial charge on any atom is 0.115 e. The van der Waals surface area contributed by atoms with Crippen LogP contribution < -0.4 is 4.90 Å². The Morgan fingerprint density at radius 3 is 2.31 bits per heavy atom. The molecule has 0 spiro atoms. The van der Waals surface area contributed by atoms with Crippen LogP contribution >= 0.6 is 0 Å². The fraction of sp³-hybridized carbons (Fsp3) is 0.571. The van der Waals surface area contributed by atoms with E-state index in [4.69, 9.17) is 5.11 Å². The van der Waals surface area contributed by atoms with Gasteiger partial charge in [-0.25, -0.2) is 0 Å². The lowest BCUT2D eigenvalue weighted by Crippen LogP contribution is -2.17. The summed E-state index contributed by atoms with van der Waals surface area (Å²) in [7, 11) is 1.90. The Balaban J connectivity index is 2.06. The van der Waals surface area contributed by atoms with Crippen molar-refractivity contribution in [3.63, 3.8) is 0 Å². The zero-order chi connectivity index (χ0) is 11.4. The Labute approximate surface area is 97.9 Å². The molecule has 2 rings (SSSR count). The molecule has 1 aliphatic rings. The van der Waals surface area contributed by atoms with Crippen LogP contribution in [0, 0.1) is 0 Å². The number of benzene rings is 1. The summed E-state index contributed by atoms with van der Waals surface area (Å²) in [6, 6.07) is 8.66. The summed E-state index contributed by atoms with van der Waals surface area (Å²) in [5.41, 5.74) is 2.55. The van der Waals surface area contributed by atoms with E-state index in [0.29, 0.717) is 0 Å². The molecule has 0 aromatic heterocycles. The number of anilines is 1. The van der Waals surface area contributed by atoms with Gasteiger partial charge in [-0.15, -0.1) is 0 Å². The third kappa shape index (κ3) is 2.56. The second kappa shape index (κ2) is 5.35. The van der Waals surface area contributed by atoms with Gasteiger partial charge in [-0.3, -0.25) is 0 Å². The minimum atomic E-state index is 0.0722. The molecular weight excluding hydrogens is 198 g/mol. The summed E-state index contributed by atoms with van der Waals surface area (Å²) in [5.74, 6) is 0.766. The van der Waals surface area contributed by atoms with Crippen molar-refractivity contribution in [2.24, 2.45) is 0 Å². The second-order valence-corrected chi connectivity index (χ2v) is 4.77. The van der Waals surface area contributed by atoms with Crippen molar-refractivity contribution in [2.45, 2.75) is 38.0 Å². The summed E-state index contributed by atoms with van der Waals surface area (Å²) in [6.07, 6.45) is 6.85. The minimum Gasteiger partial charge on any atom is -0.376 e. The van der Waals surface area contributed by atoms with Crippen LogP contribution in [0.5, 0.6) is 0 Å². The Bertz CT molecular complexity index is 314. The van der Waals surface area contributed by atoms with Crippen LogP contribution in [0.4, 0.5) is 5.69 Å². The summed E-state index contributed by atoms with van der Waals surface area (Å²) in [6.45, 7) is 0.0722. The molecule has 0 unspecified atom stereocenters. The number of aliphatic hydroxyl groups is 1. The van der Waals surface area contributed by atoms with Gasteiger partial charge in [-0.05, 0) is 36.5 Å². The molecule has 2 nitrogen and oxygen atoms in total. The first kappa shape index (κ1) is 11.5. The number of aliphatic hydroxyl groups excluding tert-OH is 1. The van der Waals surface area contributed by atoms with Crippen LogP contribution in [0.15, 0.2) is 24.3 Å². The quantitative estimate of drug-likeness (QED) is 0.790. The van der Waals surface area contributed by atoms with E-state index in [-0.39, 0.29) is 6.73 Å². The molecule has 2 heteroatoms. The van der Waals surface area contributed by atoms with Crippen molar-refractivity contribution in [3.8, 4) is 0 Å². The molecule has 0 atom stereocenters. The fourth-order valence-corrected chi connectivity index (χ4v) is 2.52. The summed E-state index contributed by atoms with van der Waals surface area (Å²) in [5, 5.41) is 9.03. The van der Waals surface area contributed by atoms with Gasteiger partial charge in [0.25, 0.3) is 0 Å². The van der Waals surface area contributed by atoms with Gasteiger partial charge in [-0.1, -0.05) is 31.4 Å². The van der Waals surface area contributed by atoms with Crippen molar-refractivity contribution in [3.05, 3.63) is 29.8 Å². The molecule has 0 bridgehead atoms. The van der Waals surface area contributed by atoms with Gasteiger partial charge in [0, 0.05) is 12.7 Å². The number of hydrogen-bond donors (Lipinski definition) is 1. The molecule has 88 valence electrons. The molecule has 1 N–H and O–H groups in total. The first-order valence-electron chi connectivity index (χ1n) is 6.23. The smallest absolute Gasteiger partial charge is 0.115 e. The topological polar surface area (TPSA) is 23.5 Å². The van der Waals surface area contributed by atoms with Gasteiger partial charge in [0.1, 0.15) is 6.73 Å². The monoisotopic (exact) mass is 219 g/mol. The van der Waals surface area contributed by atoms with Crippen LogP contribution in [0.3, 0.4) is 0 Å². The predicted molar refractivity (Wildman–Crippen MR) is 67.8 cm³/mol. The van der Waals surface area contributed by atoms with E-state index >= 15 is 0 Å². The van der Waals surface area contributed by atoms with Crippen LogP contribution in [-0.4, -0.2) is 18.9 Å². The van der Waals surface area contributed by atoms with Crippen molar-refractivity contribution < 1.29 is 5.11 Å². The van der Waals surface area contributed by atoms with Gasteiger partial charge in [0.2, 0.25) is 0 Å². The molecule has 0 heterocycles. The predicted octanol–water partition coefficient (Wildman–Crippen LogP) is 3.12. The normalized spacial score (nSPS) is 17.4. The third-order valence-corrected chi connectivity index (χ3v) is 3.62. The zero-order valence-electron chi connectivity index (χ0n) is 10.0. The van der Waals surface area contributed by atoms with Crippen molar-refractivity contribution in [1.29, 1.82) is 0 Å². The highest BCUT2D eigenvalue weighted by Gasteiger charge is 2.15. The van der Waals surface area contributed by atoms with Crippen molar-refractivity contribution >= 4 is 5.69 Å². The molecule has 1 aromatic carbocycles. The molecule has 0 aliphatic heterocycles. The lowest BCUT2D eigenvalue weighted by Gasteiger charge is -2.23. The van der Waals surface area contributed by atoms with Crippen LogP contribution in [0.25, 0.3) is 0 Å². The summed E-state index contributed by atoms with van der Waals surface area (Å²) < 4.78 is 0. The van der Waals surface area contributed by atoms with Gasteiger partial charge >= 0.3 is 0 Å². The molecule has 1 aromatic rings. The molecule has 1 fully saturated rings. The highest BCUT2D eigenvalue weighted by atomic mass is 16.3. The van der Waals surface area contributed by atoms with Crippen molar-refractivity contribution in [2.75, 3.05) is 18.7 Å². The van der Waals surface area contributed by atoms with Crippen LogP contribution in [0.1, 0.15) is 43.6 Å². The highest BCUT2D eigenvalue weighted by molar-refractivity contribution is 5.47. The van der Waals surface area contributed by atoms with E-state index in [9.17, 15) is 0 Å². The molecule has 1 aliphatic carbocycles. The Hall–Kier alpha value is -1.02. The Kier molecular flexibility index (Phi) is 3.83. The Morgan fingerprint density at radius 2 is 1.75 bits per heavy atom. The minimum absolute atomic E-state index is 0.0722. The van der Waals surface area contributed by atoms with Gasteiger partial charge in [0.15, 0.2) is 0 Å². The van der Waals surface area contributed by atoms with E-state index in [2.05, 4.69) is 24.3 Å². The van der Waals surface area contributed by atoms with E-state index in [1.807, 2.05) is 11.9 Å². The lowest BCUT2D eigenvalue weighted by molar-refractivity contribution is 0.298. The lowest BCUT2D eigenvalue weighted by atomic mass is 9.84. The van der Waals surface area contributed by atoms with Gasteiger partial charge < -0.3 is 10.0 Å². The average Bonchev–Trinajstić information content (AvgIpc) is 2.39. The SMILES string of the molecule is CN(CO)c1ccc(C2CCCCC2)cc1. The highest BCUT2D eigenvalue weighted by Crippen LogP contribution is 2.33. The van der Waals surface area contributed by atoms with E-state index in [0.717, 1.165) is 11.6 Å². The van der Waals surface area contributed by atoms with Gasteiger partial charge in [0.05, 0.1) is 0 Å². The molecule has 0 saturated heterocycles. The summed E-state index contributed by atoms with van der Waals surface area (Å²) >= 11 is 0. The molecular formula is C14H21NO. The van der Waals surface area contributed by atoms with E-state index < -0.39 is 0 Å². The van der Waals surface area contributed by atoms with E-state index in [1.54, 1.807) is 0 Å². The number of nitrogens with zero attached hydrogens (tertiary/aromatic N) is 1. The standard InChI is InChI=1S/C14H21NO/c1-15(11-16)14-9-7-13(8-10-14)12-5-3-2-4-6-12/h7-10,12,16H,2-6,11H2,1H3. The van der Waals surface area contributed by atoms with Crippen LogP contribution in [0.2, 0.25) is 0 Å². The average molecular weight is 219 g/mol. The molecule has 1 saturated carbocycles. The second-order valence-electron chi connectivity index (χ2n) is 4.77. The molecule has 0 amide bonds. The Morgan fingerprint density at radius 1 is 1.12 bits per heavy atom. The number of hydrogen-bond acceptors (Lipinski definition) is 2. The maximum absolute atomic E-state index is 9.03. The summed E-state index contributed by atoms with van der Waals surface area (Å²) in [4.78, 5) is 1.84. The van der Waals surface area contributed by atoms with E-state index in [1.165, 1.54) is 37.7 Å². The third-order valence-electron chi connectivity index (χ3n) is 3.62.